The lowest BCUT2D eigenvalue weighted by Gasteiger charge is -2.16. The zero-order valence-electron chi connectivity index (χ0n) is 16.9. The highest BCUT2D eigenvalue weighted by atomic mass is 16.5. The average molecular weight is 410 g/mol. The Morgan fingerprint density at radius 2 is 1.63 bits per heavy atom. The van der Waals surface area contributed by atoms with Crippen molar-refractivity contribution in [2.45, 2.75) is 38.1 Å². The molecular formula is C23H26N2O5. The Labute approximate surface area is 175 Å². The molecule has 158 valence electrons. The van der Waals surface area contributed by atoms with Gasteiger partial charge in [-0.25, -0.2) is 9.59 Å². The molecule has 3 N–H and O–H groups in total. The molecule has 0 fully saturated rings. The molecule has 0 aromatic heterocycles. The van der Waals surface area contributed by atoms with Gasteiger partial charge in [-0.2, -0.15) is 0 Å². The fourth-order valence-electron chi connectivity index (χ4n) is 3.71. The van der Waals surface area contributed by atoms with Gasteiger partial charge in [0.2, 0.25) is 5.91 Å². The van der Waals surface area contributed by atoms with Crippen molar-refractivity contribution in [3.8, 4) is 11.1 Å². The quantitative estimate of drug-likeness (QED) is 0.588. The molecule has 1 aliphatic carbocycles. The molecule has 0 saturated carbocycles. The summed E-state index contributed by atoms with van der Waals surface area (Å²) >= 11 is 0. The van der Waals surface area contributed by atoms with Crippen molar-refractivity contribution in [1.82, 2.24) is 10.6 Å². The summed E-state index contributed by atoms with van der Waals surface area (Å²) in [6.07, 6.45) is 1.16. The summed E-state index contributed by atoms with van der Waals surface area (Å²) in [6.45, 7) is 1.75. The Morgan fingerprint density at radius 1 is 1.03 bits per heavy atom. The highest BCUT2D eigenvalue weighted by Gasteiger charge is 2.29. The molecule has 0 spiro atoms. The van der Waals surface area contributed by atoms with Crippen molar-refractivity contribution >= 4 is 18.0 Å². The van der Waals surface area contributed by atoms with Crippen LogP contribution in [0.15, 0.2) is 48.5 Å². The minimum absolute atomic E-state index is 0.0672. The molecule has 1 unspecified atom stereocenters. The number of carboxylic acids is 1. The number of hydrogen-bond acceptors (Lipinski definition) is 4. The third-order valence-electron chi connectivity index (χ3n) is 5.22. The summed E-state index contributed by atoms with van der Waals surface area (Å²) < 4.78 is 5.36. The lowest BCUT2D eigenvalue weighted by Crippen LogP contribution is -2.45. The molecule has 0 aliphatic heterocycles. The molecule has 3 rings (SSSR count). The summed E-state index contributed by atoms with van der Waals surface area (Å²) in [7, 11) is 0. The van der Waals surface area contributed by atoms with Gasteiger partial charge in [-0.15, -0.1) is 0 Å². The van der Waals surface area contributed by atoms with Crippen LogP contribution < -0.4 is 10.6 Å². The van der Waals surface area contributed by atoms with E-state index in [0.717, 1.165) is 28.7 Å². The van der Waals surface area contributed by atoms with Crippen LogP contribution in [0.1, 0.15) is 43.2 Å². The number of carboxylic acid groups (broad SMARTS) is 1. The Kier molecular flexibility index (Phi) is 7.06. The summed E-state index contributed by atoms with van der Waals surface area (Å²) in [6, 6.07) is 15.1. The minimum atomic E-state index is -1.09. The molecule has 0 saturated heterocycles. The zero-order valence-corrected chi connectivity index (χ0v) is 16.9. The average Bonchev–Trinajstić information content (AvgIpc) is 3.07. The molecule has 0 radical (unpaired) electrons. The molecule has 0 heterocycles. The monoisotopic (exact) mass is 410 g/mol. The molecule has 7 heteroatoms. The van der Waals surface area contributed by atoms with E-state index in [4.69, 9.17) is 9.84 Å². The molecule has 7 nitrogen and oxygen atoms in total. The van der Waals surface area contributed by atoms with Crippen LogP contribution in [0.3, 0.4) is 0 Å². The van der Waals surface area contributed by atoms with E-state index >= 15 is 0 Å². The van der Waals surface area contributed by atoms with E-state index < -0.39 is 24.0 Å². The van der Waals surface area contributed by atoms with Crippen LogP contribution in [0.4, 0.5) is 4.79 Å². The van der Waals surface area contributed by atoms with Gasteiger partial charge in [-0.1, -0.05) is 68.3 Å². The van der Waals surface area contributed by atoms with Crippen molar-refractivity contribution < 1.29 is 24.2 Å². The van der Waals surface area contributed by atoms with Gasteiger partial charge in [0.1, 0.15) is 19.2 Å². The van der Waals surface area contributed by atoms with Crippen molar-refractivity contribution in [1.29, 1.82) is 0 Å². The number of alkyl carbamates (subject to hydrolysis) is 1. The summed E-state index contributed by atoms with van der Waals surface area (Å²) in [5, 5.41) is 14.0. The largest absolute Gasteiger partial charge is 0.480 e. The minimum Gasteiger partial charge on any atom is -0.480 e. The number of rotatable bonds is 9. The number of amides is 2. The third kappa shape index (κ3) is 4.97. The van der Waals surface area contributed by atoms with Gasteiger partial charge in [-0.05, 0) is 28.7 Å². The van der Waals surface area contributed by atoms with Crippen LogP contribution >= 0.6 is 0 Å². The van der Waals surface area contributed by atoms with Gasteiger partial charge in [0.05, 0.1) is 0 Å². The van der Waals surface area contributed by atoms with Crippen LogP contribution in [0.5, 0.6) is 0 Å². The molecule has 0 bridgehead atoms. The van der Waals surface area contributed by atoms with Gasteiger partial charge in [0, 0.05) is 5.92 Å². The molecular weight excluding hydrogens is 384 g/mol. The van der Waals surface area contributed by atoms with Gasteiger partial charge in [0.15, 0.2) is 0 Å². The van der Waals surface area contributed by atoms with Gasteiger partial charge in [-0.3, -0.25) is 4.79 Å². The SMILES string of the molecule is CCCCC(NC(=O)CNC(=O)OCC1c2ccccc2-c2ccccc21)C(=O)O. The van der Waals surface area contributed by atoms with E-state index in [2.05, 4.69) is 22.8 Å². The van der Waals surface area contributed by atoms with Crippen molar-refractivity contribution in [3.05, 3.63) is 59.7 Å². The second kappa shape index (κ2) is 9.91. The molecule has 2 aromatic carbocycles. The Morgan fingerprint density at radius 3 is 2.20 bits per heavy atom. The van der Waals surface area contributed by atoms with Crippen molar-refractivity contribution in [3.63, 3.8) is 0 Å². The molecule has 1 aliphatic rings. The smallest absolute Gasteiger partial charge is 0.407 e. The zero-order chi connectivity index (χ0) is 21.5. The predicted molar refractivity (Wildman–Crippen MR) is 112 cm³/mol. The van der Waals surface area contributed by atoms with E-state index in [1.165, 1.54) is 0 Å². The predicted octanol–water partition coefficient (Wildman–Crippen LogP) is 3.28. The molecule has 2 amide bonds. The van der Waals surface area contributed by atoms with Gasteiger partial charge in [0.25, 0.3) is 0 Å². The number of ether oxygens (including phenoxy) is 1. The van der Waals surface area contributed by atoms with Crippen LogP contribution in [0, 0.1) is 0 Å². The first-order valence-corrected chi connectivity index (χ1v) is 10.1. The first kappa shape index (κ1) is 21.4. The lowest BCUT2D eigenvalue weighted by atomic mass is 9.98. The highest BCUT2D eigenvalue weighted by molar-refractivity contribution is 5.86. The topological polar surface area (TPSA) is 105 Å². The van der Waals surface area contributed by atoms with Crippen molar-refractivity contribution in [2.75, 3.05) is 13.2 Å². The van der Waals surface area contributed by atoms with Crippen LogP contribution in [-0.4, -0.2) is 42.3 Å². The van der Waals surface area contributed by atoms with Crippen LogP contribution in [0.2, 0.25) is 0 Å². The molecule has 1 atom stereocenters. The number of carbonyl (C=O) groups is 3. The number of hydrogen-bond donors (Lipinski definition) is 3. The number of benzene rings is 2. The maximum atomic E-state index is 12.1. The summed E-state index contributed by atoms with van der Waals surface area (Å²) in [5.74, 6) is -1.72. The maximum absolute atomic E-state index is 12.1. The second-order valence-corrected chi connectivity index (χ2v) is 7.28. The number of nitrogens with one attached hydrogen (secondary N) is 2. The Hall–Kier alpha value is -3.35. The number of aliphatic carboxylic acids is 1. The maximum Gasteiger partial charge on any atom is 0.407 e. The molecule has 2 aromatic rings. The summed E-state index contributed by atoms with van der Waals surface area (Å²) in [4.78, 5) is 35.3. The van der Waals surface area contributed by atoms with Crippen molar-refractivity contribution in [2.24, 2.45) is 0 Å². The fraction of sp³-hybridized carbons (Fsp3) is 0.348. The molecule has 30 heavy (non-hydrogen) atoms. The summed E-state index contributed by atoms with van der Waals surface area (Å²) in [5.41, 5.74) is 4.47. The third-order valence-corrected chi connectivity index (χ3v) is 5.22. The highest BCUT2D eigenvalue weighted by Crippen LogP contribution is 2.44. The first-order valence-electron chi connectivity index (χ1n) is 10.1. The van der Waals surface area contributed by atoms with Crippen LogP contribution in [0.25, 0.3) is 11.1 Å². The fourth-order valence-corrected chi connectivity index (χ4v) is 3.71. The number of fused-ring (bicyclic) bond motifs is 3. The van der Waals surface area contributed by atoms with E-state index in [0.29, 0.717) is 12.8 Å². The van der Waals surface area contributed by atoms with E-state index in [9.17, 15) is 14.4 Å². The lowest BCUT2D eigenvalue weighted by molar-refractivity contribution is -0.141. The first-order chi connectivity index (χ1) is 14.5. The van der Waals surface area contributed by atoms with E-state index in [1.54, 1.807) is 0 Å². The van der Waals surface area contributed by atoms with E-state index in [1.807, 2.05) is 43.3 Å². The van der Waals surface area contributed by atoms with Gasteiger partial charge < -0.3 is 20.5 Å². The Balaban J connectivity index is 1.52. The second-order valence-electron chi connectivity index (χ2n) is 7.28. The van der Waals surface area contributed by atoms with Crippen LogP contribution in [-0.2, 0) is 14.3 Å². The van der Waals surface area contributed by atoms with Gasteiger partial charge >= 0.3 is 12.1 Å². The number of carbonyl (C=O) groups excluding carboxylic acids is 2. The standard InChI is InChI=1S/C23H26N2O5/c1-2-3-12-20(22(27)28)25-21(26)13-24-23(29)30-14-19-17-10-6-4-8-15(17)16-9-5-7-11-18(16)19/h4-11,19-20H,2-3,12-14H2,1H3,(H,24,29)(H,25,26)(H,27,28). The number of unbranched alkanes of at least 4 members (excludes halogenated alkanes) is 1. The van der Waals surface area contributed by atoms with E-state index in [-0.39, 0.29) is 19.1 Å². The Bertz CT molecular complexity index is 882. The normalized spacial score (nSPS) is 13.1.